The number of amides is 6. The number of rotatable bonds is 28. The van der Waals surface area contributed by atoms with Gasteiger partial charge in [-0.3, -0.25) is 28.8 Å². The van der Waals surface area contributed by atoms with Crippen molar-refractivity contribution in [3.63, 3.8) is 0 Å². The molecular formula is C33H58N8O6. The van der Waals surface area contributed by atoms with E-state index in [1.807, 2.05) is 0 Å². The first-order valence-corrected chi connectivity index (χ1v) is 17.3. The fourth-order valence-corrected chi connectivity index (χ4v) is 4.97. The second-order valence-electron chi connectivity index (χ2n) is 12.1. The molecule has 266 valence electrons. The molecule has 14 heteroatoms. The fraction of sp³-hybridized carbons (Fsp3) is 0.727. The third kappa shape index (κ3) is 22.2. The molecule has 2 unspecified atom stereocenters. The number of nitrogens with two attached hydrogens (primary N) is 1. The summed E-state index contributed by atoms with van der Waals surface area (Å²) in [5.41, 5.74) is 5.63. The Kier molecular flexibility index (Phi) is 22.8. The summed E-state index contributed by atoms with van der Waals surface area (Å²) in [7, 11) is 0. The number of imidazole rings is 1. The van der Waals surface area contributed by atoms with Gasteiger partial charge in [-0.2, -0.15) is 0 Å². The number of H-pyrrole nitrogens is 1. The molecule has 1 aromatic rings. The maximum atomic E-state index is 12.4. The summed E-state index contributed by atoms with van der Waals surface area (Å²) in [4.78, 5) is 79.3. The van der Waals surface area contributed by atoms with Crippen LogP contribution in [0.25, 0.3) is 0 Å². The van der Waals surface area contributed by atoms with Gasteiger partial charge in [-0.05, 0) is 13.3 Å². The van der Waals surface area contributed by atoms with Gasteiger partial charge in [0.2, 0.25) is 35.4 Å². The second kappa shape index (κ2) is 26.1. The number of nitrogens with one attached hydrogen (secondary N) is 6. The molecule has 0 bridgehead atoms. The number of aromatic amines is 1. The van der Waals surface area contributed by atoms with Crippen molar-refractivity contribution in [1.29, 1.82) is 0 Å². The predicted octanol–water partition coefficient (Wildman–Crippen LogP) is 2.04. The van der Waals surface area contributed by atoms with Crippen LogP contribution in [0.3, 0.4) is 0 Å². The first-order chi connectivity index (χ1) is 22.6. The van der Waals surface area contributed by atoms with E-state index >= 15 is 0 Å². The molecule has 0 saturated heterocycles. The average Bonchev–Trinajstić information content (AvgIpc) is 3.56. The highest BCUT2D eigenvalue weighted by atomic mass is 16.2. The van der Waals surface area contributed by atoms with Crippen molar-refractivity contribution in [2.75, 3.05) is 19.6 Å². The minimum absolute atomic E-state index is 0.0574. The summed E-state index contributed by atoms with van der Waals surface area (Å²) >= 11 is 0. The van der Waals surface area contributed by atoms with Crippen molar-refractivity contribution in [2.24, 2.45) is 5.73 Å². The minimum atomic E-state index is -1.06. The molecule has 0 saturated carbocycles. The zero-order valence-electron chi connectivity index (χ0n) is 28.4. The van der Waals surface area contributed by atoms with Gasteiger partial charge in [0.15, 0.2) is 0 Å². The second-order valence-corrected chi connectivity index (χ2v) is 12.1. The lowest BCUT2D eigenvalue weighted by Crippen LogP contribution is -2.53. The number of nitrogens with zero attached hydrogens (tertiary/aromatic N) is 1. The third-order valence-electron chi connectivity index (χ3n) is 7.71. The van der Waals surface area contributed by atoms with Crippen molar-refractivity contribution in [2.45, 2.75) is 135 Å². The van der Waals surface area contributed by atoms with Crippen molar-refractivity contribution < 1.29 is 28.8 Å². The van der Waals surface area contributed by atoms with E-state index in [1.165, 1.54) is 96.5 Å². The van der Waals surface area contributed by atoms with Crippen molar-refractivity contribution >= 4 is 35.4 Å². The highest BCUT2D eigenvalue weighted by molar-refractivity contribution is 5.93. The first-order valence-electron chi connectivity index (χ1n) is 17.3. The molecule has 1 aromatic heterocycles. The van der Waals surface area contributed by atoms with E-state index in [0.29, 0.717) is 12.1 Å². The number of carbonyl (C=O) groups excluding carboxylic acids is 6. The van der Waals surface area contributed by atoms with Crippen LogP contribution in [0, 0.1) is 0 Å². The maximum Gasteiger partial charge on any atom is 0.243 e. The van der Waals surface area contributed by atoms with E-state index in [0.717, 1.165) is 19.3 Å². The zero-order valence-corrected chi connectivity index (χ0v) is 28.4. The predicted molar refractivity (Wildman–Crippen MR) is 180 cm³/mol. The van der Waals surface area contributed by atoms with E-state index in [-0.39, 0.29) is 18.9 Å². The highest BCUT2D eigenvalue weighted by Gasteiger charge is 2.23. The molecule has 0 aromatic carbocycles. The van der Waals surface area contributed by atoms with Crippen LogP contribution in [0.1, 0.15) is 122 Å². The normalized spacial score (nSPS) is 12.0. The molecule has 0 fully saturated rings. The summed E-state index contributed by atoms with van der Waals surface area (Å²) < 4.78 is 0. The van der Waals surface area contributed by atoms with Crippen molar-refractivity contribution in [3.8, 4) is 0 Å². The Morgan fingerprint density at radius 3 is 1.72 bits per heavy atom. The van der Waals surface area contributed by atoms with E-state index < -0.39 is 54.7 Å². The Bertz CT molecular complexity index is 1070. The Hall–Kier alpha value is -3.97. The van der Waals surface area contributed by atoms with Gasteiger partial charge in [0, 0.05) is 24.7 Å². The SMILES string of the molecule is CCCCCCCCCCCCCCCCCC(=O)NCC(=O)NC(C)C(=O)NCC(=O)NC(Cc1cnc[nH]1)C(=O)NCC(N)=O. The molecule has 14 nitrogen and oxygen atoms in total. The van der Waals surface area contributed by atoms with Crippen LogP contribution >= 0.6 is 0 Å². The number of primary amides is 1. The smallest absolute Gasteiger partial charge is 0.243 e. The van der Waals surface area contributed by atoms with Gasteiger partial charge < -0.3 is 37.3 Å². The quantitative estimate of drug-likeness (QED) is 0.0662. The summed E-state index contributed by atoms with van der Waals surface area (Å²) in [6.07, 6.45) is 22.0. The van der Waals surface area contributed by atoms with Crippen molar-refractivity contribution in [1.82, 2.24) is 36.6 Å². The fourth-order valence-electron chi connectivity index (χ4n) is 4.97. The molecule has 0 aliphatic carbocycles. The molecule has 1 rings (SSSR count). The van der Waals surface area contributed by atoms with Crippen LogP contribution < -0.4 is 32.3 Å². The van der Waals surface area contributed by atoms with Gasteiger partial charge in [-0.25, -0.2) is 4.98 Å². The number of hydrogen-bond donors (Lipinski definition) is 7. The van der Waals surface area contributed by atoms with Crippen molar-refractivity contribution in [3.05, 3.63) is 18.2 Å². The molecule has 0 aliphatic heterocycles. The van der Waals surface area contributed by atoms with Gasteiger partial charge in [0.1, 0.15) is 12.1 Å². The largest absolute Gasteiger partial charge is 0.368 e. The Labute approximate surface area is 279 Å². The topological polar surface area (TPSA) is 217 Å². The number of unbranched alkanes of at least 4 members (excludes halogenated alkanes) is 14. The lowest BCUT2D eigenvalue weighted by atomic mass is 10.0. The lowest BCUT2D eigenvalue weighted by molar-refractivity contribution is -0.131. The molecule has 8 N–H and O–H groups in total. The Morgan fingerprint density at radius 1 is 0.681 bits per heavy atom. The molecule has 0 radical (unpaired) electrons. The van der Waals surface area contributed by atoms with E-state index in [9.17, 15) is 28.8 Å². The minimum Gasteiger partial charge on any atom is -0.368 e. The molecule has 6 amide bonds. The average molecular weight is 663 g/mol. The molecule has 1 heterocycles. The zero-order chi connectivity index (χ0) is 34.7. The van der Waals surface area contributed by atoms with E-state index in [4.69, 9.17) is 5.73 Å². The number of carbonyl (C=O) groups is 6. The summed E-state index contributed by atoms with van der Waals surface area (Å²) in [6.45, 7) is 2.57. The standard InChI is InChI=1S/C33H58N8O6/c1-3-4-5-6-7-8-9-10-11-12-13-14-15-16-17-18-29(43)36-22-30(44)40-25(2)32(46)38-23-31(45)41-27(19-26-20-35-24-39-26)33(47)37-21-28(34)42/h20,24-25,27H,3-19,21-23H2,1-2H3,(H2,34,42)(H,35,39)(H,36,43)(H,37,47)(H,38,46)(H,40,44)(H,41,45). The van der Waals surface area contributed by atoms with Crippen LogP contribution in [-0.2, 0) is 35.2 Å². The van der Waals surface area contributed by atoms with Gasteiger partial charge in [-0.1, -0.05) is 96.8 Å². The lowest BCUT2D eigenvalue weighted by Gasteiger charge is -2.18. The highest BCUT2D eigenvalue weighted by Crippen LogP contribution is 2.13. The van der Waals surface area contributed by atoms with Crippen LogP contribution in [0.15, 0.2) is 12.5 Å². The van der Waals surface area contributed by atoms with Gasteiger partial charge in [0.25, 0.3) is 0 Å². The number of aromatic nitrogens is 2. The molecule has 47 heavy (non-hydrogen) atoms. The third-order valence-corrected chi connectivity index (χ3v) is 7.71. The van der Waals surface area contributed by atoms with Gasteiger partial charge in [-0.15, -0.1) is 0 Å². The molecular weight excluding hydrogens is 604 g/mol. The van der Waals surface area contributed by atoms with E-state index in [1.54, 1.807) is 0 Å². The van der Waals surface area contributed by atoms with Gasteiger partial charge >= 0.3 is 0 Å². The van der Waals surface area contributed by atoms with Gasteiger partial charge in [0.05, 0.1) is 26.0 Å². The molecule has 0 aliphatic rings. The Morgan fingerprint density at radius 2 is 1.19 bits per heavy atom. The van der Waals surface area contributed by atoms with E-state index in [2.05, 4.69) is 43.5 Å². The molecule has 0 spiro atoms. The summed E-state index contributed by atoms with van der Waals surface area (Å²) in [5.74, 6) is -3.42. The first kappa shape index (κ1) is 41.1. The maximum absolute atomic E-state index is 12.4. The van der Waals surface area contributed by atoms with Crippen LogP contribution in [0.2, 0.25) is 0 Å². The summed E-state index contributed by atoms with van der Waals surface area (Å²) in [5, 5.41) is 12.3. The van der Waals surface area contributed by atoms with Crippen LogP contribution in [0.5, 0.6) is 0 Å². The van der Waals surface area contributed by atoms with Crippen LogP contribution in [0.4, 0.5) is 0 Å². The Balaban J connectivity index is 2.15. The monoisotopic (exact) mass is 662 g/mol. The van der Waals surface area contributed by atoms with Crippen LogP contribution in [-0.4, -0.2) is 77.1 Å². The summed E-state index contributed by atoms with van der Waals surface area (Å²) in [6, 6.07) is -2.03. The molecule has 2 atom stereocenters. The number of hydrogen-bond acceptors (Lipinski definition) is 7.